The van der Waals surface area contributed by atoms with Crippen LogP contribution in [0.3, 0.4) is 0 Å². The molecule has 0 aliphatic carbocycles. The lowest BCUT2D eigenvalue weighted by Gasteiger charge is -2.05. The van der Waals surface area contributed by atoms with Gasteiger partial charge in [0.25, 0.3) is 5.91 Å². The summed E-state index contributed by atoms with van der Waals surface area (Å²) in [5.41, 5.74) is 1.96. The maximum atomic E-state index is 12.0. The number of carbonyl (C=O) groups excluding carboxylic acids is 1. The zero-order valence-electron chi connectivity index (χ0n) is 10.1. The normalized spacial score (nSPS) is 10.3. The standard InChI is InChI=1S/C14H15NO2S/c1-2-11-6-7-18-13(11)14(17)15-9-10-4-3-5-12(16)8-10/h3-8,16H,2,9H2,1H3,(H,15,17). The molecule has 94 valence electrons. The number of hydrogen-bond acceptors (Lipinski definition) is 3. The van der Waals surface area contributed by atoms with E-state index in [-0.39, 0.29) is 11.7 Å². The number of rotatable bonds is 4. The number of aryl methyl sites for hydroxylation is 1. The molecule has 3 nitrogen and oxygen atoms in total. The maximum Gasteiger partial charge on any atom is 0.261 e. The van der Waals surface area contributed by atoms with Crippen LogP contribution < -0.4 is 5.32 Å². The third kappa shape index (κ3) is 2.90. The average molecular weight is 261 g/mol. The van der Waals surface area contributed by atoms with E-state index >= 15 is 0 Å². The van der Waals surface area contributed by atoms with E-state index in [0.717, 1.165) is 22.4 Å². The van der Waals surface area contributed by atoms with E-state index in [1.807, 2.05) is 24.4 Å². The lowest BCUT2D eigenvalue weighted by atomic mass is 10.2. The maximum absolute atomic E-state index is 12.0. The number of phenolic OH excluding ortho intramolecular Hbond substituents is 1. The number of benzene rings is 1. The first kappa shape index (κ1) is 12.6. The molecule has 2 N–H and O–H groups in total. The van der Waals surface area contributed by atoms with Crippen molar-refractivity contribution in [2.75, 3.05) is 0 Å². The molecule has 0 unspecified atom stereocenters. The molecule has 2 rings (SSSR count). The predicted molar refractivity (Wildman–Crippen MR) is 73.0 cm³/mol. The summed E-state index contributed by atoms with van der Waals surface area (Å²) < 4.78 is 0. The summed E-state index contributed by atoms with van der Waals surface area (Å²) in [5.74, 6) is 0.164. The van der Waals surface area contributed by atoms with Gasteiger partial charge >= 0.3 is 0 Å². The number of carbonyl (C=O) groups is 1. The van der Waals surface area contributed by atoms with Crippen LogP contribution in [0.15, 0.2) is 35.7 Å². The van der Waals surface area contributed by atoms with E-state index in [1.54, 1.807) is 18.2 Å². The number of phenols is 1. The Morgan fingerprint density at radius 3 is 2.94 bits per heavy atom. The number of hydrogen-bond donors (Lipinski definition) is 2. The molecule has 1 heterocycles. The van der Waals surface area contributed by atoms with Crippen molar-refractivity contribution < 1.29 is 9.90 Å². The second-order valence-electron chi connectivity index (χ2n) is 3.98. The second-order valence-corrected chi connectivity index (χ2v) is 4.90. The van der Waals surface area contributed by atoms with E-state index in [1.165, 1.54) is 11.3 Å². The molecule has 1 aromatic heterocycles. The minimum Gasteiger partial charge on any atom is -0.508 e. The zero-order chi connectivity index (χ0) is 13.0. The summed E-state index contributed by atoms with van der Waals surface area (Å²) in [6, 6.07) is 8.87. The van der Waals surface area contributed by atoms with Gasteiger partial charge in [-0.1, -0.05) is 19.1 Å². The largest absolute Gasteiger partial charge is 0.508 e. The van der Waals surface area contributed by atoms with E-state index < -0.39 is 0 Å². The van der Waals surface area contributed by atoms with Gasteiger partial charge in [0.2, 0.25) is 0 Å². The van der Waals surface area contributed by atoms with Crippen LogP contribution in [0.25, 0.3) is 0 Å². The first-order chi connectivity index (χ1) is 8.70. The van der Waals surface area contributed by atoms with E-state index in [4.69, 9.17) is 0 Å². The van der Waals surface area contributed by atoms with Crippen LogP contribution in [0.5, 0.6) is 5.75 Å². The van der Waals surface area contributed by atoms with Crippen molar-refractivity contribution in [2.45, 2.75) is 19.9 Å². The molecule has 0 radical (unpaired) electrons. The van der Waals surface area contributed by atoms with Crippen molar-refractivity contribution in [1.29, 1.82) is 0 Å². The highest BCUT2D eigenvalue weighted by molar-refractivity contribution is 7.12. The van der Waals surface area contributed by atoms with Crippen LogP contribution in [-0.4, -0.2) is 11.0 Å². The van der Waals surface area contributed by atoms with E-state index in [2.05, 4.69) is 5.32 Å². The number of nitrogens with one attached hydrogen (secondary N) is 1. The van der Waals surface area contributed by atoms with Crippen molar-refractivity contribution in [3.05, 3.63) is 51.7 Å². The Balaban J connectivity index is 2.00. The van der Waals surface area contributed by atoms with Crippen LogP contribution in [0, 0.1) is 0 Å². The molecule has 0 aliphatic heterocycles. The highest BCUT2D eigenvalue weighted by Gasteiger charge is 2.11. The van der Waals surface area contributed by atoms with Crippen LogP contribution in [0.2, 0.25) is 0 Å². The SMILES string of the molecule is CCc1ccsc1C(=O)NCc1cccc(O)c1. The molecular formula is C14H15NO2S. The lowest BCUT2D eigenvalue weighted by Crippen LogP contribution is -2.22. The summed E-state index contributed by atoms with van der Waals surface area (Å²) >= 11 is 1.46. The fraction of sp³-hybridized carbons (Fsp3) is 0.214. The first-order valence-corrected chi connectivity index (χ1v) is 6.71. The van der Waals surface area contributed by atoms with Gasteiger partial charge in [0.15, 0.2) is 0 Å². The minimum atomic E-state index is -0.0507. The number of amides is 1. The Morgan fingerprint density at radius 2 is 2.22 bits per heavy atom. The van der Waals surface area contributed by atoms with Gasteiger partial charge in [-0.15, -0.1) is 11.3 Å². The highest BCUT2D eigenvalue weighted by atomic mass is 32.1. The Morgan fingerprint density at radius 1 is 1.39 bits per heavy atom. The third-order valence-corrected chi connectivity index (χ3v) is 3.65. The van der Waals surface area contributed by atoms with Gasteiger partial charge in [-0.2, -0.15) is 0 Å². The summed E-state index contributed by atoms with van der Waals surface area (Å²) in [4.78, 5) is 12.8. The molecule has 0 fully saturated rings. The fourth-order valence-corrected chi connectivity index (χ4v) is 2.65. The highest BCUT2D eigenvalue weighted by Crippen LogP contribution is 2.17. The molecule has 0 aliphatic rings. The van der Waals surface area contributed by atoms with Gasteiger partial charge in [0.05, 0.1) is 4.88 Å². The summed E-state index contributed by atoms with van der Waals surface area (Å²) in [7, 11) is 0. The van der Waals surface area contributed by atoms with Gasteiger partial charge in [-0.05, 0) is 41.1 Å². The number of thiophene rings is 1. The first-order valence-electron chi connectivity index (χ1n) is 5.83. The van der Waals surface area contributed by atoms with Crippen molar-refractivity contribution in [2.24, 2.45) is 0 Å². The van der Waals surface area contributed by atoms with Crippen LogP contribution in [-0.2, 0) is 13.0 Å². The van der Waals surface area contributed by atoms with Gasteiger partial charge in [0, 0.05) is 6.54 Å². The van der Waals surface area contributed by atoms with Crippen molar-refractivity contribution in [3.63, 3.8) is 0 Å². The van der Waals surface area contributed by atoms with Crippen LogP contribution >= 0.6 is 11.3 Å². The Bertz CT molecular complexity index is 548. The van der Waals surface area contributed by atoms with Crippen LogP contribution in [0.4, 0.5) is 0 Å². The van der Waals surface area contributed by atoms with Crippen molar-refractivity contribution >= 4 is 17.2 Å². The van der Waals surface area contributed by atoms with Gasteiger partial charge in [0.1, 0.15) is 5.75 Å². The van der Waals surface area contributed by atoms with Gasteiger partial charge in [-0.3, -0.25) is 4.79 Å². The van der Waals surface area contributed by atoms with Crippen molar-refractivity contribution in [1.82, 2.24) is 5.32 Å². The summed E-state index contributed by atoms with van der Waals surface area (Å²) in [6.07, 6.45) is 0.860. The molecule has 2 aromatic rings. The van der Waals surface area contributed by atoms with Crippen molar-refractivity contribution in [3.8, 4) is 5.75 Å². The summed E-state index contributed by atoms with van der Waals surface area (Å²) in [5, 5.41) is 14.1. The molecule has 0 saturated heterocycles. The summed E-state index contributed by atoms with van der Waals surface area (Å²) in [6.45, 7) is 2.46. The van der Waals surface area contributed by atoms with E-state index in [0.29, 0.717) is 6.54 Å². The van der Waals surface area contributed by atoms with Gasteiger partial charge in [-0.25, -0.2) is 0 Å². The van der Waals surface area contributed by atoms with Gasteiger partial charge < -0.3 is 10.4 Å². The molecule has 0 saturated carbocycles. The monoisotopic (exact) mass is 261 g/mol. The topological polar surface area (TPSA) is 49.3 Å². The Hall–Kier alpha value is -1.81. The average Bonchev–Trinajstić information content (AvgIpc) is 2.84. The smallest absolute Gasteiger partial charge is 0.261 e. The molecule has 18 heavy (non-hydrogen) atoms. The molecule has 4 heteroatoms. The molecule has 0 atom stereocenters. The third-order valence-electron chi connectivity index (χ3n) is 2.70. The molecule has 1 aromatic carbocycles. The molecule has 1 amide bonds. The zero-order valence-corrected chi connectivity index (χ0v) is 11.0. The Kier molecular flexibility index (Phi) is 3.99. The van der Waals surface area contributed by atoms with E-state index in [9.17, 15) is 9.90 Å². The minimum absolute atomic E-state index is 0.0507. The number of aromatic hydroxyl groups is 1. The molecule has 0 spiro atoms. The molecular weight excluding hydrogens is 246 g/mol. The Labute approximate surface area is 110 Å². The van der Waals surface area contributed by atoms with Crippen LogP contribution in [0.1, 0.15) is 27.7 Å². The quantitative estimate of drug-likeness (QED) is 0.889. The lowest BCUT2D eigenvalue weighted by molar-refractivity contribution is 0.0954. The fourth-order valence-electron chi connectivity index (χ4n) is 1.74. The molecule has 0 bridgehead atoms. The second kappa shape index (κ2) is 5.69. The predicted octanol–water partition coefficient (Wildman–Crippen LogP) is 2.95.